The van der Waals surface area contributed by atoms with Crippen LogP contribution in [0.1, 0.15) is 38.9 Å². The molecule has 2 aromatic carbocycles. The Morgan fingerprint density at radius 2 is 1.77 bits per heavy atom. The number of aryl methyl sites for hydroxylation is 2. The fourth-order valence-electron chi connectivity index (χ4n) is 2.76. The van der Waals surface area contributed by atoms with Crippen molar-refractivity contribution in [3.8, 4) is 0 Å². The van der Waals surface area contributed by atoms with E-state index in [-0.39, 0.29) is 11.5 Å². The minimum Gasteiger partial charge on any atom is -0.449 e. The Labute approximate surface area is 149 Å². The van der Waals surface area contributed by atoms with E-state index in [1.807, 2.05) is 26.0 Å². The third kappa shape index (κ3) is 3.26. The molecule has 0 radical (unpaired) electrons. The van der Waals surface area contributed by atoms with E-state index in [1.54, 1.807) is 30.3 Å². The average molecular weight is 350 g/mol. The Balaban J connectivity index is 1.88. The molecule has 6 nitrogen and oxygen atoms in total. The summed E-state index contributed by atoms with van der Waals surface area (Å²) in [5.74, 6) is -1.04. The normalized spacial score (nSPS) is 12.0. The number of nitrogens with zero attached hydrogens (tertiary/aromatic N) is 1. The first-order valence-corrected chi connectivity index (χ1v) is 8.18. The lowest BCUT2D eigenvalue weighted by Crippen LogP contribution is -2.26. The number of H-pyrrole nitrogens is 1. The highest BCUT2D eigenvalue weighted by atomic mass is 16.5. The molecule has 6 heteroatoms. The van der Waals surface area contributed by atoms with Crippen LogP contribution in [0.2, 0.25) is 0 Å². The van der Waals surface area contributed by atoms with Gasteiger partial charge in [-0.1, -0.05) is 35.9 Å². The van der Waals surface area contributed by atoms with Crippen molar-refractivity contribution in [2.45, 2.75) is 26.9 Å². The molecule has 0 saturated heterocycles. The zero-order chi connectivity index (χ0) is 18.8. The lowest BCUT2D eigenvalue weighted by molar-refractivity contribution is 0.0314. The minimum absolute atomic E-state index is 0.0270. The van der Waals surface area contributed by atoms with Crippen LogP contribution in [-0.4, -0.2) is 28.1 Å². The Bertz CT molecular complexity index is 1070. The first-order chi connectivity index (χ1) is 12.4. The van der Waals surface area contributed by atoms with Crippen LogP contribution in [0.15, 0.2) is 47.3 Å². The average Bonchev–Trinajstić information content (AvgIpc) is 2.63. The molecule has 26 heavy (non-hydrogen) atoms. The highest BCUT2D eigenvalue weighted by Crippen LogP contribution is 2.17. The number of rotatable bonds is 4. The van der Waals surface area contributed by atoms with Crippen molar-refractivity contribution < 1.29 is 14.3 Å². The highest BCUT2D eigenvalue weighted by Gasteiger charge is 2.24. The summed E-state index contributed by atoms with van der Waals surface area (Å²) in [4.78, 5) is 37.0. The van der Waals surface area contributed by atoms with Gasteiger partial charge in [0.05, 0.1) is 5.39 Å². The number of fused-ring (bicyclic) bond motifs is 1. The van der Waals surface area contributed by atoms with Crippen LogP contribution >= 0.6 is 0 Å². The van der Waals surface area contributed by atoms with Gasteiger partial charge in [0.25, 0.3) is 5.56 Å². The second-order valence-electron chi connectivity index (χ2n) is 6.18. The van der Waals surface area contributed by atoms with Crippen LogP contribution in [-0.2, 0) is 4.74 Å². The van der Waals surface area contributed by atoms with Gasteiger partial charge < -0.3 is 4.74 Å². The van der Waals surface area contributed by atoms with E-state index in [4.69, 9.17) is 4.74 Å². The number of ketones is 1. The third-order valence-corrected chi connectivity index (χ3v) is 4.20. The molecule has 0 unspecified atom stereocenters. The quantitative estimate of drug-likeness (QED) is 0.577. The maximum Gasteiger partial charge on any atom is 0.360 e. The summed E-state index contributed by atoms with van der Waals surface area (Å²) in [6.45, 7) is 5.25. The standard InChI is InChI=1S/C20H18N2O4/c1-11-8-9-12(2)16(10-11)18(23)13(3)26-20(25)17-14-6-4-5-7-15(14)19(24)22-21-17/h4-10,13H,1-3H3,(H,22,24)/t13-/m0/s1. The number of esters is 1. The van der Waals surface area contributed by atoms with Crippen LogP contribution in [0.25, 0.3) is 10.8 Å². The second kappa shape index (κ2) is 6.92. The Morgan fingerprint density at radius 1 is 1.08 bits per heavy atom. The van der Waals surface area contributed by atoms with Crippen molar-refractivity contribution in [2.24, 2.45) is 0 Å². The molecule has 0 aliphatic rings. The predicted molar refractivity (Wildman–Crippen MR) is 97.5 cm³/mol. The van der Waals surface area contributed by atoms with Crippen LogP contribution in [0.4, 0.5) is 0 Å². The topological polar surface area (TPSA) is 89.1 Å². The third-order valence-electron chi connectivity index (χ3n) is 4.20. The van der Waals surface area contributed by atoms with Crippen molar-refractivity contribution >= 4 is 22.5 Å². The molecule has 1 N–H and O–H groups in total. The summed E-state index contributed by atoms with van der Waals surface area (Å²) >= 11 is 0. The summed E-state index contributed by atoms with van der Waals surface area (Å²) in [5.41, 5.74) is 1.86. The Kier molecular flexibility index (Phi) is 4.67. The van der Waals surface area contributed by atoms with Crippen molar-refractivity contribution in [3.05, 3.63) is 75.2 Å². The van der Waals surface area contributed by atoms with Crippen LogP contribution < -0.4 is 5.56 Å². The Morgan fingerprint density at radius 3 is 2.50 bits per heavy atom. The molecule has 1 atom stereocenters. The predicted octanol–water partition coefficient (Wildman–Crippen LogP) is 2.97. The van der Waals surface area contributed by atoms with Gasteiger partial charge in [0.15, 0.2) is 11.8 Å². The lowest BCUT2D eigenvalue weighted by Gasteiger charge is -2.14. The van der Waals surface area contributed by atoms with Gasteiger partial charge >= 0.3 is 5.97 Å². The monoisotopic (exact) mass is 350 g/mol. The molecule has 0 bridgehead atoms. The van der Waals surface area contributed by atoms with Crippen molar-refractivity contribution in [1.29, 1.82) is 0 Å². The molecule has 3 aromatic rings. The molecule has 3 rings (SSSR count). The van der Waals surface area contributed by atoms with E-state index in [0.29, 0.717) is 16.3 Å². The number of Topliss-reactive ketones (excluding diaryl/α,β-unsaturated/α-hetero) is 1. The summed E-state index contributed by atoms with van der Waals surface area (Å²) in [6, 6.07) is 12.1. The number of aromatic nitrogens is 2. The number of benzene rings is 2. The molecule has 0 amide bonds. The molecule has 1 aromatic heterocycles. The van der Waals surface area contributed by atoms with Gasteiger partial charge in [-0.3, -0.25) is 9.59 Å². The first kappa shape index (κ1) is 17.5. The fourth-order valence-corrected chi connectivity index (χ4v) is 2.76. The summed E-state index contributed by atoms with van der Waals surface area (Å²) in [6.07, 6.45) is -0.976. The van der Waals surface area contributed by atoms with Crippen LogP contribution in [0.5, 0.6) is 0 Å². The smallest absolute Gasteiger partial charge is 0.360 e. The zero-order valence-electron chi connectivity index (χ0n) is 14.7. The Hall–Kier alpha value is -3.28. The van der Waals surface area contributed by atoms with Gasteiger partial charge in [0, 0.05) is 10.9 Å². The molecule has 0 fully saturated rings. The van der Waals surface area contributed by atoms with E-state index < -0.39 is 17.6 Å². The number of hydrogen-bond donors (Lipinski definition) is 1. The number of carbonyl (C=O) groups excluding carboxylic acids is 2. The van der Waals surface area contributed by atoms with Gasteiger partial charge in [-0.15, -0.1) is 0 Å². The van der Waals surface area contributed by atoms with Crippen LogP contribution in [0, 0.1) is 13.8 Å². The molecule has 1 heterocycles. The molecule has 0 saturated carbocycles. The number of hydrogen-bond acceptors (Lipinski definition) is 5. The van der Waals surface area contributed by atoms with E-state index in [1.165, 1.54) is 6.92 Å². The van der Waals surface area contributed by atoms with Crippen molar-refractivity contribution in [2.75, 3.05) is 0 Å². The zero-order valence-corrected chi connectivity index (χ0v) is 14.7. The summed E-state index contributed by atoms with van der Waals surface area (Å²) in [7, 11) is 0. The van der Waals surface area contributed by atoms with Gasteiger partial charge in [-0.05, 0) is 38.5 Å². The summed E-state index contributed by atoms with van der Waals surface area (Å²) in [5, 5.41) is 6.80. The molecule has 0 spiro atoms. The molecule has 0 aliphatic heterocycles. The molecule has 132 valence electrons. The molecular weight excluding hydrogens is 332 g/mol. The maximum absolute atomic E-state index is 12.6. The van der Waals surface area contributed by atoms with Gasteiger partial charge in [-0.2, -0.15) is 5.10 Å². The van der Waals surface area contributed by atoms with Crippen molar-refractivity contribution in [1.82, 2.24) is 10.2 Å². The number of nitrogens with one attached hydrogen (secondary N) is 1. The first-order valence-electron chi connectivity index (χ1n) is 8.18. The number of ether oxygens (including phenoxy) is 1. The maximum atomic E-state index is 12.6. The van der Waals surface area contributed by atoms with Crippen molar-refractivity contribution in [3.63, 3.8) is 0 Å². The van der Waals surface area contributed by atoms with Gasteiger partial charge in [-0.25, -0.2) is 9.89 Å². The minimum atomic E-state index is -0.976. The lowest BCUT2D eigenvalue weighted by atomic mass is 9.99. The van der Waals surface area contributed by atoms with Crippen LogP contribution in [0.3, 0.4) is 0 Å². The van der Waals surface area contributed by atoms with E-state index in [9.17, 15) is 14.4 Å². The SMILES string of the molecule is Cc1ccc(C)c(C(=O)[C@H](C)OC(=O)c2n[nH]c(=O)c3ccccc23)c1. The molecule has 0 aliphatic carbocycles. The fraction of sp³-hybridized carbons (Fsp3) is 0.200. The largest absolute Gasteiger partial charge is 0.449 e. The van der Waals surface area contributed by atoms with Gasteiger partial charge in [0.1, 0.15) is 0 Å². The highest BCUT2D eigenvalue weighted by molar-refractivity contribution is 6.05. The molecular formula is C20H18N2O4. The second-order valence-corrected chi connectivity index (χ2v) is 6.18. The van der Waals surface area contributed by atoms with E-state index >= 15 is 0 Å². The van der Waals surface area contributed by atoms with E-state index in [0.717, 1.165) is 11.1 Å². The van der Waals surface area contributed by atoms with Gasteiger partial charge in [0.2, 0.25) is 5.78 Å². The summed E-state index contributed by atoms with van der Waals surface area (Å²) < 4.78 is 5.32. The van der Waals surface area contributed by atoms with E-state index in [2.05, 4.69) is 10.2 Å². The number of aromatic amines is 1. The number of carbonyl (C=O) groups is 2.